The lowest BCUT2D eigenvalue weighted by atomic mass is 10.1. The summed E-state index contributed by atoms with van der Waals surface area (Å²) in [6.45, 7) is 3.26. The molecule has 2 rings (SSSR count). The highest BCUT2D eigenvalue weighted by Crippen LogP contribution is 2.07. The highest BCUT2D eigenvalue weighted by atomic mass is 16.2. The second-order valence-electron chi connectivity index (χ2n) is 6.20. The van der Waals surface area contributed by atoms with Crippen LogP contribution in [0, 0.1) is 5.92 Å². The zero-order chi connectivity index (χ0) is 18.6. The van der Waals surface area contributed by atoms with Gasteiger partial charge >= 0.3 is 12.1 Å². The number of anilines is 2. The van der Waals surface area contributed by atoms with E-state index >= 15 is 0 Å². The Kier molecular flexibility index (Phi) is 7.99. The van der Waals surface area contributed by atoms with Gasteiger partial charge in [-0.3, -0.25) is 0 Å². The molecule has 0 bridgehead atoms. The summed E-state index contributed by atoms with van der Waals surface area (Å²) in [5.74, 6) is 0.329. The van der Waals surface area contributed by atoms with Crippen molar-refractivity contribution in [2.45, 2.75) is 19.8 Å². The maximum Gasteiger partial charge on any atom is 0.319 e. The van der Waals surface area contributed by atoms with Gasteiger partial charge in [0.25, 0.3) is 0 Å². The van der Waals surface area contributed by atoms with Crippen LogP contribution in [0.5, 0.6) is 0 Å². The molecule has 0 unspecified atom stereocenters. The number of para-hydroxylation sites is 2. The molecule has 0 aliphatic heterocycles. The molecule has 0 aliphatic carbocycles. The van der Waals surface area contributed by atoms with Crippen molar-refractivity contribution in [2.24, 2.45) is 5.92 Å². The second kappa shape index (κ2) is 10.8. The third-order valence-corrected chi connectivity index (χ3v) is 3.83. The van der Waals surface area contributed by atoms with Gasteiger partial charge in [0.2, 0.25) is 0 Å². The van der Waals surface area contributed by atoms with Gasteiger partial charge in [-0.15, -0.1) is 0 Å². The average molecular weight is 354 g/mol. The van der Waals surface area contributed by atoms with E-state index in [4.69, 9.17) is 0 Å². The summed E-state index contributed by atoms with van der Waals surface area (Å²) in [6, 6.07) is 18.3. The Labute approximate surface area is 154 Å². The molecule has 1 atom stereocenters. The number of hydrogen-bond donors (Lipinski definition) is 4. The molecule has 4 N–H and O–H groups in total. The molecule has 2 aromatic carbocycles. The third-order valence-electron chi connectivity index (χ3n) is 3.83. The summed E-state index contributed by atoms with van der Waals surface area (Å²) < 4.78 is 0. The molecule has 0 saturated carbocycles. The largest absolute Gasteiger partial charge is 0.338 e. The zero-order valence-corrected chi connectivity index (χ0v) is 15.0. The number of carbonyl (C=O) groups excluding carboxylic acids is 2. The van der Waals surface area contributed by atoms with Crippen LogP contribution in [0.2, 0.25) is 0 Å². The van der Waals surface area contributed by atoms with Crippen LogP contribution in [0.25, 0.3) is 0 Å². The summed E-state index contributed by atoms with van der Waals surface area (Å²) in [7, 11) is 0. The lowest BCUT2D eigenvalue weighted by Crippen LogP contribution is -2.33. The van der Waals surface area contributed by atoms with Crippen molar-refractivity contribution in [1.82, 2.24) is 10.6 Å². The van der Waals surface area contributed by atoms with Gasteiger partial charge in [-0.05, 0) is 43.0 Å². The molecule has 0 fully saturated rings. The van der Waals surface area contributed by atoms with Crippen LogP contribution in [0.4, 0.5) is 21.0 Å². The number of nitrogens with one attached hydrogen (secondary N) is 4. The van der Waals surface area contributed by atoms with E-state index < -0.39 is 0 Å². The molecule has 2 aromatic rings. The fourth-order valence-corrected chi connectivity index (χ4v) is 2.41. The molecule has 0 aromatic heterocycles. The molecule has 26 heavy (non-hydrogen) atoms. The van der Waals surface area contributed by atoms with E-state index in [2.05, 4.69) is 28.2 Å². The Morgan fingerprint density at radius 1 is 0.808 bits per heavy atom. The van der Waals surface area contributed by atoms with Gasteiger partial charge in [0, 0.05) is 24.5 Å². The van der Waals surface area contributed by atoms with Crippen molar-refractivity contribution in [1.29, 1.82) is 0 Å². The number of carbonyl (C=O) groups is 2. The quantitative estimate of drug-likeness (QED) is 0.540. The summed E-state index contributed by atoms with van der Waals surface area (Å²) in [5, 5.41) is 11.3. The van der Waals surface area contributed by atoms with Crippen LogP contribution < -0.4 is 21.3 Å². The van der Waals surface area contributed by atoms with Crippen molar-refractivity contribution < 1.29 is 9.59 Å². The minimum Gasteiger partial charge on any atom is -0.338 e. The lowest BCUT2D eigenvalue weighted by molar-refractivity contribution is 0.250. The molecule has 6 nitrogen and oxygen atoms in total. The van der Waals surface area contributed by atoms with E-state index in [9.17, 15) is 9.59 Å². The number of urea groups is 2. The van der Waals surface area contributed by atoms with Gasteiger partial charge < -0.3 is 21.3 Å². The second-order valence-corrected chi connectivity index (χ2v) is 6.20. The lowest BCUT2D eigenvalue weighted by Gasteiger charge is -2.14. The molecule has 0 aliphatic rings. The van der Waals surface area contributed by atoms with Gasteiger partial charge in [0.15, 0.2) is 0 Å². The van der Waals surface area contributed by atoms with Gasteiger partial charge in [0.05, 0.1) is 0 Å². The standard InChI is InChI=1S/C20H26N4O2/c1-16(15-22-20(26)24-18-12-6-3-7-13-18)9-8-14-21-19(25)23-17-10-4-2-5-11-17/h2-7,10-13,16H,8-9,14-15H2,1H3,(H2,21,23,25)(H2,22,24,26)/t16-/m0/s1. The highest BCUT2D eigenvalue weighted by molar-refractivity contribution is 5.89. The molecule has 0 radical (unpaired) electrons. The molecule has 4 amide bonds. The normalized spacial score (nSPS) is 11.3. The Balaban J connectivity index is 1.54. The maximum atomic E-state index is 11.8. The number of benzene rings is 2. The molecular weight excluding hydrogens is 328 g/mol. The van der Waals surface area contributed by atoms with Crippen molar-refractivity contribution in [3.63, 3.8) is 0 Å². The fraction of sp³-hybridized carbons (Fsp3) is 0.300. The summed E-state index contributed by atoms with van der Waals surface area (Å²) in [6.07, 6.45) is 1.77. The first-order valence-electron chi connectivity index (χ1n) is 8.83. The van der Waals surface area contributed by atoms with Crippen LogP contribution in [0.3, 0.4) is 0 Å². The van der Waals surface area contributed by atoms with Gasteiger partial charge in [-0.25, -0.2) is 9.59 Å². The predicted molar refractivity (Wildman–Crippen MR) is 105 cm³/mol. The van der Waals surface area contributed by atoms with Gasteiger partial charge in [0.1, 0.15) is 0 Å². The summed E-state index contributed by atoms with van der Waals surface area (Å²) >= 11 is 0. The van der Waals surface area contributed by atoms with Crippen LogP contribution in [0.1, 0.15) is 19.8 Å². The van der Waals surface area contributed by atoms with Crippen LogP contribution in [0.15, 0.2) is 60.7 Å². The molecule has 0 saturated heterocycles. The average Bonchev–Trinajstić information content (AvgIpc) is 2.65. The van der Waals surface area contributed by atoms with E-state index in [-0.39, 0.29) is 12.1 Å². The summed E-state index contributed by atoms with van der Waals surface area (Å²) in [4.78, 5) is 23.6. The maximum absolute atomic E-state index is 11.8. The Morgan fingerprint density at radius 2 is 1.31 bits per heavy atom. The van der Waals surface area contributed by atoms with E-state index in [0.29, 0.717) is 19.0 Å². The number of hydrogen-bond acceptors (Lipinski definition) is 2. The van der Waals surface area contributed by atoms with Gasteiger partial charge in [-0.2, -0.15) is 0 Å². The number of amides is 4. The topological polar surface area (TPSA) is 82.3 Å². The first kappa shape index (κ1) is 19.3. The van der Waals surface area contributed by atoms with E-state index in [1.165, 1.54) is 0 Å². The number of rotatable bonds is 8. The van der Waals surface area contributed by atoms with Crippen molar-refractivity contribution >= 4 is 23.4 Å². The van der Waals surface area contributed by atoms with E-state index in [1.807, 2.05) is 60.7 Å². The minimum absolute atomic E-state index is 0.204. The first-order chi connectivity index (χ1) is 12.6. The SMILES string of the molecule is C[C@@H](CCCNC(=O)Nc1ccccc1)CNC(=O)Nc1ccccc1. The third kappa shape index (κ3) is 7.70. The summed E-state index contributed by atoms with van der Waals surface area (Å²) in [5.41, 5.74) is 1.54. The smallest absolute Gasteiger partial charge is 0.319 e. The van der Waals surface area contributed by atoms with E-state index in [0.717, 1.165) is 24.2 Å². The highest BCUT2D eigenvalue weighted by Gasteiger charge is 2.06. The van der Waals surface area contributed by atoms with Crippen LogP contribution in [-0.4, -0.2) is 25.2 Å². The monoisotopic (exact) mass is 354 g/mol. The first-order valence-corrected chi connectivity index (χ1v) is 8.83. The van der Waals surface area contributed by atoms with Crippen molar-refractivity contribution in [3.8, 4) is 0 Å². The Bertz CT molecular complexity index is 677. The van der Waals surface area contributed by atoms with Crippen molar-refractivity contribution in [2.75, 3.05) is 23.7 Å². The predicted octanol–water partition coefficient (Wildman–Crippen LogP) is 4.05. The minimum atomic E-state index is -0.205. The molecular formula is C20H26N4O2. The Morgan fingerprint density at radius 3 is 1.85 bits per heavy atom. The fourth-order valence-electron chi connectivity index (χ4n) is 2.41. The molecule has 0 spiro atoms. The zero-order valence-electron chi connectivity index (χ0n) is 15.0. The van der Waals surface area contributed by atoms with Crippen molar-refractivity contribution in [3.05, 3.63) is 60.7 Å². The molecule has 0 heterocycles. The van der Waals surface area contributed by atoms with Gasteiger partial charge in [-0.1, -0.05) is 43.3 Å². The van der Waals surface area contributed by atoms with Crippen LogP contribution >= 0.6 is 0 Å². The Hall–Kier alpha value is -3.02. The van der Waals surface area contributed by atoms with Crippen LogP contribution in [-0.2, 0) is 0 Å². The van der Waals surface area contributed by atoms with E-state index in [1.54, 1.807) is 0 Å². The molecule has 138 valence electrons. The molecule has 6 heteroatoms.